The van der Waals surface area contributed by atoms with E-state index in [1.807, 2.05) is 0 Å². The molecule has 1 aliphatic rings. The van der Waals surface area contributed by atoms with Crippen molar-refractivity contribution in [2.75, 3.05) is 24.7 Å². The molecule has 0 bridgehead atoms. The summed E-state index contributed by atoms with van der Waals surface area (Å²) in [5, 5.41) is 9.26. The van der Waals surface area contributed by atoms with Crippen molar-refractivity contribution in [1.29, 1.82) is 0 Å². The zero-order chi connectivity index (χ0) is 17.2. The van der Waals surface area contributed by atoms with E-state index in [1.165, 1.54) is 17.9 Å². The third-order valence-electron chi connectivity index (χ3n) is 3.87. The smallest absolute Gasteiger partial charge is 0.405 e. The summed E-state index contributed by atoms with van der Waals surface area (Å²) in [6.07, 6.45) is -3.43. The van der Waals surface area contributed by atoms with Crippen molar-refractivity contribution in [1.82, 2.24) is 0 Å². The lowest BCUT2D eigenvalue weighted by molar-refractivity contribution is -0.121. The van der Waals surface area contributed by atoms with Gasteiger partial charge < -0.3 is 14.7 Å². The van der Waals surface area contributed by atoms with Gasteiger partial charge in [0.15, 0.2) is 0 Å². The molecule has 2 rings (SSSR count). The Morgan fingerprint density at radius 1 is 1.39 bits per heavy atom. The minimum Gasteiger partial charge on any atom is -0.478 e. The summed E-state index contributed by atoms with van der Waals surface area (Å²) in [6.45, 7) is 1.22. The van der Waals surface area contributed by atoms with Crippen molar-refractivity contribution in [3.63, 3.8) is 0 Å². The lowest BCUT2D eigenvalue weighted by Gasteiger charge is -2.37. The second kappa shape index (κ2) is 7.09. The summed E-state index contributed by atoms with van der Waals surface area (Å²) in [7, 11) is 0. The number of carboxylic acids is 1. The molecule has 23 heavy (non-hydrogen) atoms. The number of aromatic carboxylic acids is 1. The highest BCUT2D eigenvalue weighted by Crippen LogP contribution is 2.34. The Kier molecular flexibility index (Phi) is 5.57. The second-order valence-corrected chi connectivity index (χ2v) is 6.40. The monoisotopic (exact) mass is 395 g/mol. The molecule has 8 heteroatoms. The Morgan fingerprint density at radius 3 is 2.52 bits per heavy atom. The number of anilines is 1. The molecule has 0 spiro atoms. The van der Waals surface area contributed by atoms with Crippen molar-refractivity contribution in [3.05, 3.63) is 27.7 Å². The van der Waals surface area contributed by atoms with Crippen molar-refractivity contribution in [2.24, 2.45) is 0 Å². The molecule has 4 nitrogen and oxygen atoms in total. The van der Waals surface area contributed by atoms with Gasteiger partial charge in [-0.1, -0.05) is 15.9 Å². The van der Waals surface area contributed by atoms with Crippen molar-refractivity contribution < 1.29 is 27.8 Å². The SMILES string of the molecule is Cc1c(C(=O)O)cc(Br)cc1N(CC(F)(F)F)C1CCOCC1. The standard InChI is InChI=1S/C15H17BrF3NO3/c1-9-12(14(21)22)6-10(16)7-13(9)20(8-15(17,18)19)11-2-4-23-5-3-11/h6-7,11H,2-5,8H2,1H3,(H,21,22). The largest absolute Gasteiger partial charge is 0.478 e. The molecule has 0 atom stereocenters. The van der Waals surface area contributed by atoms with Crippen molar-refractivity contribution in [2.45, 2.75) is 32.0 Å². The highest BCUT2D eigenvalue weighted by molar-refractivity contribution is 9.10. The number of hydrogen-bond acceptors (Lipinski definition) is 3. The summed E-state index contributed by atoms with van der Waals surface area (Å²) in [5.41, 5.74) is 0.617. The molecule has 0 unspecified atom stereocenters. The minimum absolute atomic E-state index is 0.00592. The third-order valence-corrected chi connectivity index (χ3v) is 4.32. The van der Waals surface area contributed by atoms with Crippen LogP contribution in [0.3, 0.4) is 0 Å². The van der Waals surface area contributed by atoms with Crippen LogP contribution >= 0.6 is 15.9 Å². The van der Waals surface area contributed by atoms with Crippen LogP contribution in [-0.2, 0) is 4.74 Å². The van der Waals surface area contributed by atoms with E-state index in [1.54, 1.807) is 6.07 Å². The van der Waals surface area contributed by atoms with E-state index in [9.17, 15) is 23.1 Å². The maximum atomic E-state index is 13.0. The predicted molar refractivity (Wildman–Crippen MR) is 83.1 cm³/mol. The molecule has 0 aromatic heterocycles. The first-order valence-corrected chi connectivity index (χ1v) is 7.93. The lowest BCUT2D eigenvalue weighted by Crippen LogP contribution is -2.45. The number of alkyl halides is 3. The molecule has 1 aromatic rings. The summed E-state index contributed by atoms with van der Waals surface area (Å²) >= 11 is 3.19. The molecule has 1 heterocycles. The van der Waals surface area contributed by atoms with Gasteiger partial charge in [-0.25, -0.2) is 4.79 Å². The fraction of sp³-hybridized carbons (Fsp3) is 0.533. The van der Waals surface area contributed by atoms with E-state index in [0.29, 0.717) is 41.8 Å². The predicted octanol–water partition coefficient (Wildman–Crippen LogP) is 4.00. The summed E-state index contributed by atoms with van der Waals surface area (Å²) in [4.78, 5) is 12.6. The molecule has 1 aromatic carbocycles. The van der Waals surface area contributed by atoms with Gasteiger partial charge in [0.05, 0.1) is 5.56 Å². The Balaban J connectivity index is 2.47. The first kappa shape index (κ1) is 18.1. The average molecular weight is 396 g/mol. The molecule has 0 aliphatic carbocycles. The van der Waals surface area contributed by atoms with Crippen LogP contribution < -0.4 is 4.90 Å². The van der Waals surface area contributed by atoms with E-state index in [4.69, 9.17) is 4.74 Å². The molecule has 128 valence electrons. The molecule has 1 N–H and O–H groups in total. The number of halogens is 4. The van der Waals surface area contributed by atoms with Gasteiger partial charge in [-0.3, -0.25) is 0 Å². The van der Waals surface area contributed by atoms with Gasteiger partial charge in [-0.15, -0.1) is 0 Å². The van der Waals surface area contributed by atoms with Gasteiger partial charge in [0.2, 0.25) is 0 Å². The van der Waals surface area contributed by atoms with Gasteiger partial charge in [0.25, 0.3) is 0 Å². The Morgan fingerprint density at radius 2 is 2.00 bits per heavy atom. The van der Waals surface area contributed by atoms with Crippen LogP contribution in [0.5, 0.6) is 0 Å². The van der Waals surface area contributed by atoms with Gasteiger partial charge >= 0.3 is 12.1 Å². The average Bonchev–Trinajstić information content (AvgIpc) is 2.47. The number of benzene rings is 1. The number of rotatable bonds is 4. The van der Waals surface area contributed by atoms with Gasteiger partial charge in [0, 0.05) is 29.4 Å². The van der Waals surface area contributed by atoms with E-state index < -0.39 is 18.7 Å². The summed E-state index contributed by atoms with van der Waals surface area (Å²) in [6, 6.07) is 2.61. The molecule has 1 aliphatic heterocycles. The van der Waals surface area contributed by atoms with Crippen LogP contribution in [0.1, 0.15) is 28.8 Å². The van der Waals surface area contributed by atoms with Gasteiger partial charge in [-0.2, -0.15) is 13.2 Å². The summed E-state index contributed by atoms with van der Waals surface area (Å²) < 4.78 is 44.8. The fourth-order valence-electron chi connectivity index (χ4n) is 2.79. The Labute approximate surface area is 140 Å². The minimum atomic E-state index is -4.38. The normalized spacial score (nSPS) is 16.4. The first-order chi connectivity index (χ1) is 10.7. The molecule has 0 amide bonds. The van der Waals surface area contributed by atoms with E-state index >= 15 is 0 Å². The van der Waals surface area contributed by atoms with E-state index in [2.05, 4.69) is 15.9 Å². The zero-order valence-corrected chi connectivity index (χ0v) is 14.1. The number of carboxylic acid groups (broad SMARTS) is 1. The van der Waals surface area contributed by atoms with Crippen LogP contribution in [0.4, 0.5) is 18.9 Å². The fourth-order valence-corrected chi connectivity index (χ4v) is 3.23. The van der Waals surface area contributed by atoms with E-state index in [0.717, 1.165) is 0 Å². The quantitative estimate of drug-likeness (QED) is 0.836. The van der Waals surface area contributed by atoms with Crippen molar-refractivity contribution in [3.8, 4) is 0 Å². The van der Waals surface area contributed by atoms with Crippen LogP contribution in [0, 0.1) is 6.92 Å². The van der Waals surface area contributed by atoms with Crippen LogP contribution in [0.15, 0.2) is 16.6 Å². The summed E-state index contributed by atoms with van der Waals surface area (Å²) in [5.74, 6) is -1.16. The molecule has 1 fully saturated rings. The number of nitrogens with zero attached hydrogens (tertiary/aromatic N) is 1. The molecule has 1 saturated heterocycles. The maximum absolute atomic E-state index is 13.0. The number of ether oxygens (including phenoxy) is 1. The number of hydrogen-bond donors (Lipinski definition) is 1. The first-order valence-electron chi connectivity index (χ1n) is 7.13. The second-order valence-electron chi connectivity index (χ2n) is 5.49. The van der Waals surface area contributed by atoms with Crippen LogP contribution in [0.25, 0.3) is 0 Å². The van der Waals surface area contributed by atoms with E-state index in [-0.39, 0.29) is 11.6 Å². The van der Waals surface area contributed by atoms with Crippen LogP contribution in [-0.4, -0.2) is 43.1 Å². The third kappa shape index (κ3) is 4.60. The maximum Gasteiger partial charge on any atom is 0.405 e. The van der Waals surface area contributed by atoms with Crippen LogP contribution in [0.2, 0.25) is 0 Å². The molecule has 0 saturated carbocycles. The topological polar surface area (TPSA) is 49.8 Å². The zero-order valence-electron chi connectivity index (χ0n) is 12.5. The number of carbonyl (C=O) groups is 1. The Bertz CT molecular complexity index is 586. The van der Waals surface area contributed by atoms with Gasteiger partial charge in [0.1, 0.15) is 6.54 Å². The highest BCUT2D eigenvalue weighted by atomic mass is 79.9. The Hall–Kier alpha value is -1.28. The molecule has 0 radical (unpaired) electrons. The highest BCUT2D eigenvalue weighted by Gasteiger charge is 2.35. The van der Waals surface area contributed by atoms with Gasteiger partial charge in [-0.05, 0) is 37.5 Å². The molecular weight excluding hydrogens is 379 g/mol. The van der Waals surface area contributed by atoms with Crippen molar-refractivity contribution >= 4 is 27.6 Å². The molecular formula is C15H17BrF3NO3. The lowest BCUT2D eigenvalue weighted by atomic mass is 10.0.